The predicted molar refractivity (Wildman–Crippen MR) is 141 cm³/mol. The van der Waals surface area contributed by atoms with Gasteiger partial charge in [0.1, 0.15) is 0 Å². The topological polar surface area (TPSA) is 32.3 Å². The number of rotatable bonds is 8. The fourth-order valence-electron chi connectivity index (χ4n) is 4.88. The Hall–Kier alpha value is -2.33. The summed E-state index contributed by atoms with van der Waals surface area (Å²) in [7, 11) is 0. The maximum absolute atomic E-state index is 13.5. The maximum Gasteiger partial charge on any atom is 0.237 e. The molecule has 5 heteroatoms. The molecule has 3 aromatic rings. The van der Waals surface area contributed by atoms with Crippen molar-refractivity contribution < 1.29 is 4.79 Å². The standard InChI is InChI=1S/C29H32Cl2N2O/c1-21(27(24-12-16-26(31)17-13-24)19-22-10-14-25(30)15-11-22)32-29(34)28-9-5-6-18-33(28)20-23-7-3-2-4-8-23/h2-4,7-8,10-17,21,27-28H,5-6,9,18-20H2,1H3,(H,32,34). The van der Waals surface area contributed by atoms with E-state index in [1.165, 1.54) is 11.1 Å². The first-order valence-corrected chi connectivity index (χ1v) is 12.8. The van der Waals surface area contributed by atoms with Crippen LogP contribution in [0.2, 0.25) is 10.0 Å². The minimum atomic E-state index is -0.0993. The zero-order chi connectivity index (χ0) is 23.9. The van der Waals surface area contributed by atoms with Crippen molar-refractivity contribution in [2.45, 2.75) is 57.2 Å². The average Bonchev–Trinajstić information content (AvgIpc) is 2.85. The van der Waals surface area contributed by atoms with Gasteiger partial charge < -0.3 is 5.32 Å². The SMILES string of the molecule is CC(NC(=O)C1CCCCN1Cc1ccccc1)C(Cc1ccc(Cl)cc1)c1ccc(Cl)cc1. The molecule has 0 aliphatic carbocycles. The largest absolute Gasteiger partial charge is 0.352 e. The number of amides is 1. The number of piperidine rings is 1. The summed E-state index contributed by atoms with van der Waals surface area (Å²) in [6.07, 6.45) is 3.92. The molecule has 1 amide bonds. The first-order valence-electron chi connectivity index (χ1n) is 12.1. The molecule has 0 radical (unpaired) electrons. The van der Waals surface area contributed by atoms with Gasteiger partial charge in [0, 0.05) is 28.5 Å². The highest BCUT2D eigenvalue weighted by atomic mass is 35.5. The highest BCUT2D eigenvalue weighted by molar-refractivity contribution is 6.30. The van der Waals surface area contributed by atoms with Crippen LogP contribution in [-0.2, 0) is 17.8 Å². The molecule has 3 nitrogen and oxygen atoms in total. The van der Waals surface area contributed by atoms with E-state index in [9.17, 15) is 4.79 Å². The third kappa shape index (κ3) is 6.63. The number of likely N-dealkylation sites (tertiary alicyclic amines) is 1. The number of hydrogen-bond donors (Lipinski definition) is 1. The van der Waals surface area contributed by atoms with E-state index in [2.05, 4.69) is 65.7 Å². The van der Waals surface area contributed by atoms with Crippen LogP contribution in [0.15, 0.2) is 78.9 Å². The fourth-order valence-corrected chi connectivity index (χ4v) is 5.14. The van der Waals surface area contributed by atoms with E-state index in [4.69, 9.17) is 23.2 Å². The molecule has 3 unspecified atom stereocenters. The van der Waals surface area contributed by atoms with Gasteiger partial charge in [-0.15, -0.1) is 0 Å². The van der Waals surface area contributed by atoms with Gasteiger partial charge in [0.15, 0.2) is 0 Å². The molecule has 0 aromatic heterocycles. The molecular weight excluding hydrogens is 463 g/mol. The lowest BCUT2D eigenvalue weighted by Crippen LogP contribution is -2.52. The van der Waals surface area contributed by atoms with Crippen molar-refractivity contribution >= 4 is 29.1 Å². The normalized spacial score (nSPS) is 18.3. The van der Waals surface area contributed by atoms with Gasteiger partial charge in [-0.05, 0) is 73.7 Å². The van der Waals surface area contributed by atoms with E-state index in [1.54, 1.807) is 0 Å². The van der Waals surface area contributed by atoms with Gasteiger partial charge in [-0.1, -0.05) is 84.2 Å². The zero-order valence-electron chi connectivity index (χ0n) is 19.6. The molecule has 3 aromatic carbocycles. The second-order valence-electron chi connectivity index (χ2n) is 9.25. The van der Waals surface area contributed by atoms with E-state index in [0.717, 1.165) is 49.4 Å². The fraction of sp³-hybridized carbons (Fsp3) is 0.345. The average molecular weight is 495 g/mol. The van der Waals surface area contributed by atoms with E-state index in [0.29, 0.717) is 5.02 Å². The molecule has 0 saturated carbocycles. The Morgan fingerprint density at radius 1 is 0.912 bits per heavy atom. The summed E-state index contributed by atoms with van der Waals surface area (Å²) >= 11 is 12.2. The predicted octanol–water partition coefficient (Wildman–Crippen LogP) is 6.88. The lowest BCUT2D eigenvalue weighted by atomic mass is 9.86. The van der Waals surface area contributed by atoms with Crippen molar-refractivity contribution in [1.82, 2.24) is 10.2 Å². The molecule has 34 heavy (non-hydrogen) atoms. The third-order valence-corrected chi connectivity index (χ3v) is 7.29. The van der Waals surface area contributed by atoms with Crippen LogP contribution in [-0.4, -0.2) is 29.4 Å². The Kier molecular flexibility index (Phi) is 8.66. The molecule has 3 atom stereocenters. The van der Waals surface area contributed by atoms with Gasteiger partial charge in [-0.3, -0.25) is 9.69 Å². The highest BCUT2D eigenvalue weighted by Crippen LogP contribution is 2.28. The van der Waals surface area contributed by atoms with Gasteiger partial charge in [0.25, 0.3) is 0 Å². The minimum absolute atomic E-state index is 0.0372. The second-order valence-corrected chi connectivity index (χ2v) is 10.1. The quantitative estimate of drug-likeness (QED) is 0.370. The van der Waals surface area contributed by atoms with Crippen molar-refractivity contribution in [3.05, 3.63) is 106 Å². The highest BCUT2D eigenvalue weighted by Gasteiger charge is 2.31. The summed E-state index contributed by atoms with van der Waals surface area (Å²) in [5, 5.41) is 4.81. The van der Waals surface area contributed by atoms with Crippen molar-refractivity contribution in [2.24, 2.45) is 0 Å². The van der Waals surface area contributed by atoms with Crippen molar-refractivity contribution in [3.8, 4) is 0 Å². The number of halogens is 2. The van der Waals surface area contributed by atoms with E-state index >= 15 is 0 Å². The van der Waals surface area contributed by atoms with E-state index in [-0.39, 0.29) is 23.9 Å². The molecule has 1 aliphatic rings. The molecule has 1 fully saturated rings. The van der Waals surface area contributed by atoms with Crippen LogP contribution >= 0.6 is 23.2 Å². The summed E-state index contributed by atoms with van der Waals surface area (Å²) in [6.45, 7) is 3.86. The van der Waals surface area contributed by atoms with Crippen LogP contribution in [0.4, 0.5) is 0 Å². The van der Waals surface area contributed by atoms with Gasteiger partial charge in [0.2, 0.25) is 5.91 Å². The van der Waals surface area contributed by atoms with Gasteiger partial charge in [0.05, 0.1) is 6.04 Å². The lowest BCUT2D eigenvalue weighted by Gasteiger charge is -2.36. The second kappa shape index (κ2) is 11.9. The number of hydrogen-bond acceptors (Lipinski definition) is 2. The van der Waals surface area contributed by atoms with Crippen molar-refractivity contribution in [3.63, 3.8) is 0 Å². The van der Waals surface area contributed by atoms with Gasteiger partial charge in [-0.25, -0.2) is 0 Å². The summed E-state index contributed by atoms with van der Waals surface area (Å²) in [4.78, 5) is 15.8. The molecule has 178 valence electrons. The van der Waals surface area contributed by atoms with Crippen LogP contribution < -0.4 is 5.32 Å². The Morgan fingerprint density at radius 2 is 1.56 bits per heavy atom. The molecule has 4 rings (SSSR count). The maximum atomic E-state index is 13.5. The molecule has 0 bridgehead atoms. The van der Waals surface area contributed by atoms with Crippen LogP contribution in [0.1, 0.15) is 48.8 Å². The molecule has 1 heterocycles. The Balaban J connectivity index is 1.49. The molecular formula is C29H32Cl2N2O. The molecule has 1 saturated heterocycles. The van der Waals surface area contributed by atoms with Crippen LogP contribution in [0.5, 0.6) is 0 Å². The van der Waals surface area contributed by atoms with E-state index < -0.39 is 0 Å². The minimum Gasteiger partial charge on any atom is -0.352 e. The first-order chi connectivity index (χ1) is 16.5. The summed E-state index contributed by atoms with van der Waals surface area (Å²) in [5.41, 5.74) is 3.60. The van der Waals surface area contributed by atoms with Crippen LogP contribution in [0.3, 0.4) is 0 Å². The number of nitrogens with zero attached hydrogens (tertiary/aromatic N) is 1. The zero-order valence-corrected chi connectivity index (χ0v) is 21.1. The van der Waals surface area contributed by atoms with Crippen molar-refractivity contribution in [1.29, 1.82) is 0 Å². The third-order valence-electron chi connectivity index (χ3n) is 6.79. The number of carbonyl (C=O) groups excluding carboxylic acids is 1. The Bertz CT molecular complexity index is 1050. The summed E-state index contributed by atoms with van der Waals surface area (Å²) in [6, 6.07) is 26.2. The first kappa shape index (κ1) is 24.8. The smallest absolute Gasteiger partial charge is 0.237 e. The number of benzene rings is 3. The lowest BCUT2D eigenvalue weighted by molar-refractivity contribution is -0.128. The van der Waals surface area contributed by atoms with Crippen molar-refractivity contribution in [2.75, 3.05) is 6.54 Å². The summed E-state index contributed by atoms with van der Waals surface area (Å²) < 4.78 is 0. The van der Waals surface area contributed by atoms with Gasteiger partial charge in [-0.2, -0.15) is 0 Å². The van der Waals surface area contributed by atoms with E-state index in [1.807, 2.05) is 30.3 Å². The number of nitrogens with one attached hydrogen (secondary N) is 1. The Labute approximate surface area is 213 Å². The summed E-state index contributed by atoms with van der Waals surface area (Å²) in [5.74, 6) is 0.242. The molecule has 1 aliphatic heterocycles. The number of carbonyl (C=O) groups is 1. The van der Waals surface area contributed by atoms with Gasteiger partial charge >= 0.3 is 0 Å². The molecule has 0 spiro atoms. The monoisotopic (exact) mass is 494 g/mol. The van der Waals surface area contributed by atoms with Crippen LogP contribution in [0.25, 0.3) is 0 Å². The Morgan fingerprint density at radius 3 is 2.24 bits per heavy atom. The van der Waals surface area contributed by atoms with Crippen LogP contribution in [0, 0.1) is 0 Å². The molecule has 1 N–H and O–H groups in total.